The summed E-state index contributed by atoms with van der Waals surface area (Å²) in [5.41, 5.74) is 19.7. The Kier molecular flexibility index (Phi) is 8.08. The van der Waals surface area contributed by atoms with E-state index in [0.29, 0.717) is 0 Å². The van der Waals surface area contributed by atoms with E-state index in [1.165, 1.54) is 61.7 Å². The summed E-state index contributed by atoms with van der Waals surface area (Å²) in [6.07, 6.45) is 0. The summed E-state index contributed by atoms with van der Waals surface area (Å²) in [4.78, 5) is 0. The van der Waals surface area contributed by atoms with Gasteiger partial charge >= 0.3 is 0 Å². The molecule has 0 fully saturated rings. The van der Waals surface area contributed by atoms with Crippen LogP contribution < -0.4 is 0 Å². The van der Waals surface area contributed by atoms with Crippen LogP contribution in [0.15, 0.2) is 97.1 Å². The van der Waals surface area contributed by atoms with Gasteiger partial charge in [-0.05, 0) is 118 Å². The molecule has 0 amide bonds. The molecule has 0 N–H and O–H groups in total. The van der Waals surface area contributed by atoms with Gasteiger partial charge in [0, 0.05) is 0 Å². The van der Waals surface area contributed by atoms with Crippen molar-refractivity contribution >= 4 is 38.2 Å². The molecule has 5 aromatic carbocycles. The third kappa shape index (κ3) is 5.77. The molecule has 0 nitrogen and oxygen atoms in total. The lowest BCUT2D eigenvalue weighted by Gasteiger charge is -2.32. The number of benzene rings is 5. The average Bonchev–Trinajstić information content (AvgIpc) is 3.21. The second kappa shape index (κ2) is 11.7. The molecule has 0 atom stereocenters. The second-order valence-electron chi connectivity index (χ2n) is 13.2. The predicted molar refractivity (Wildman–Crippen MR) is 194 cm³/mol. The van der Waals surface area contributed by atoms with Crippen LogP contribution in [0.5, 0.6) is 0 Å². The summed E-state index contributed by atoms with van der Waals surface area (Å²) in [6, 6.07) is 34.4. The normalized spacial score (nSPS) is 14.4. The molecule has 1 aliphatic carbocycles. The quantitative estimate of drug-likeness (QED) is 0.165. The molecule has 0 unspecified atom stereocenters. The van der Waals surface area contributed by atoms with Gasteiger partial charge in [0.1, 0.15) is 10.1 Å². The molecule has 0 spiro atoms. The summed E-state index contributed by atoms with van der Waals surface area (Å²) in [5.74, 6) is -0.251. The first kappa shape index (κ1) is 31.0. The standard InChI is InChI=1S/C43H40BrF/c1-25-12-26(2)17-33(16-25)39-40(34-18-27(3)13-28(4)19-34)42(36-22-31(7)15-32(8)23-36)43(44,37-10-9-11-38(45)24-37)41(39)35-20-29(5)14-30(6)21-35/h9-24H,1-8H3. The Morgan fingerprint density at radius 1 is 0.422 bits per heavy atom. The fourth-order valence-corrected chi connectivity index (χ4v) is 8.55. The molecule has 226 valence electrons. The molecule has 0 aliphatic heterocycles. The summed E-state index contributed by atoms with van der Waals surface area (Å²) in [6.45, 7) is 17.3. The Labute approximate surface area is 276 Å². The SMILES string of the molecule is Cc1cc(C)cc(C2=C(c3cc(C)cc(C)c3)C(Br)(c3cccc(F)c3)C(c3cc(C)cc(C)c3)=C2c2cc(C)cc(C)c2)c1. The predicted octanol–water partition coefficient (Wildman–Crippen LogP) is 12.1. The summed E-state index contributed by atoms with van der Waals surface area (Å²) >= 11 is 4.46. The highest BCUT2D eigenvalue weighted by atomic mass is 79.9. The maximum absolute atomic E-state index is 15.3. The first-order valence-corrected chi connectivity index (χ1v) is 16.4. The van der Waals surface area contributed by atoms with Gasteiger partial charge in [-0.15, -0.1) is 0 Å². The van der Waals surface area contributed by atoms with E-state index in [0.717, 1.165) is 39.0 Å². The molecule has 0 aromatic heterocycles. The van der Waals surface area contributed by atoms with Crippen LogP contribution in [0.3, 0.4) is 0 Å². The van der Waals surface area contributed by atoms with Crippen LogP contribution >= 0.6 is 15.9 Å². The van der Waals surface area contributed by atoms with E-state index in [1.54, 1.807) is 6.07 Å². The number of hydrogen-bond donors (Lipinski definition) is 0. The number of halogens is 2. The van der Waals surface area contributed by atoms with Crippen LogP contribution in [-0.4, -0.2) is 0 Å². The summed E-state index contributed by atoms with van der Waals surface area (Å²) in [5, 5.41) is 0. The largest absolute Gasteiger partial charge is 0.207 e. The molecule has 0 heterocycles. The zero-order valence-corrected chi connectivity index (χ0v) is 29.1. The van der Waals surface area contributed by atoms with Crippen molar-refractivity contribution in [3.05, 3.63) is 175 Å². The van der Waals surface area contributed by atoms with Crippen molar-refractivity contribution in [1.29, 1.82) is 0 Å². The maximum Gasteiger partial charge on any atom is 0.123 e. The van der Waals surface area contributed by atoms with Crippen molar-refractivity contribution in [2.45, 2.75) is 59.7 Å². The number of allylic oxidation sites excluding steroid dienone is 4. The zero-order valence-electron chi connectivity index (χ0n) is 27.5. The van der Waals surface area contributed by atoms with Gasteiger partial charge in [-0.3, -0.25) is 0 Å². The Morgan fingerprint density at radius 2 is 0.733 bits per heavy atom. The van der Waals surface area contributed by atoms with E-state index in [-0.39, 0.29) is 5.82 Å². The van der Waals surface area contributed by atoms with Crippen LogP contribution in [0.25, 0.3) is 22.3 Å². The lowest BCUT2D eigenvalue weighted by atomic mass is 9.79. The van der Waals surface area contributed by atoms with Crippen molar-refractivity contribution in [2.24, 2.45) is 0 Å². The maximum atomic E-state index is 15.3. The topological polar surface area (TPSA) is 0 Å². The van der Waals surface area contributed by atoms with Crippen molar-refractivity contribution < 1.29 is 4.39 Å². The van der Waals surface area contributed by atoms with Gasteiger partial charge in [0.2, 0.25) is 0 Å². The van der Waals surface area contributed by atoms with Gasteiger partial charge in [-0.1, -0.05) is 145 Å². The molecule has 0 saturated heterocycles. The van der Waals surface area contributed by atoms with Gasteiger partial charge in [0.05, 0.1) is 0 Å². The van der Waals surface area contributed by atoms with E-state index in [1.807, 2.05) is 6.07 Å². The average molecular weight is 656 g/mol. The van der Waals surface area contributed by atoms with Gasteiger partial charge in [-0.2, -0.15) is 0 Å². The summed E-state index contributed by atoms with van der Waals surface area (Å²) < 4.78 is 14.5. The second-order valence-corrected chi connectivity index (χ2v) is 14.4. The number of rotatable bonds is 5. The molecule has 0 bridgehead atoms. The molecule has 0 saturated carbocycles. The molecule has 1 aliphatic rings. The minimum atomic E-state index is -0.852. The highest BCUT2D eigenvalue weighted by molar-refractivity contribution is 9.10. The molecular formula is C43H40BrF. The molecule has 5 aromatic rings. The Balaban J connectivity index is 1.91. The van der Waals surface area contributed by atoms with Crippen molar-refractivity contribution in [3.8, 4) is 0 Å². The third-order valence-corrected chi connectivity index (χ3v) is 9.95. The van der Waals surface area contributed by atoms with Crippen LogP contribution in [-0.2, 0) is 4.32 Å². The minimum absolute atomic E-state index is 0.251. The van der Waals surface area contributed by atoms with Gasteiger partial charge in [0.15, 0.2) is 0 Å². The number of aryl methyl sites for hydroxylation is 8. The third-order valence-electron chi connectivity index (χ3n) is 8.70. The smallest absolute Gasteiger partial charge is 0.123 e. The monoisotopic (exact) mass is 654 g/mol. The van der Waals surface area contributed by atoms with Crippen molar-refractivity contribution in [2.75, 3.05) is 0 Å². The molecule has 45 heavy (non-hydrogen) atoms. The first-order valence-electron chi connectivity index (χ1n) is 15.6. The highest BCUT2D eigenvalue weighted by Gasteiger charge is 2.48. The fourth-order valence-electron chi connectivity index (χ4n) is 7.45. The van der Waals surface area contributed by atoms with E-state index in [4.69, 9.17) is 0 Å². The zero-order chi connectivity index (χ0) is 32.2. The van der Waals surface area contributed by atoms with Crippen LogP contribution in [0.2, 0.25) is 0 Å². The highest BCUT2D eigenvalue weighted by Crippen LogP contribution is 2.65. The van der Waals surface area contributed by atoms with E-state index < -0.39 is 4.32 Å². The van der Waals surface area contributed by atoms with Gasteiger partial charge in [-0.25, -0.2) is 4.39 Å². The Morgan fingerprint density at radius 3 is 1.04 bits per heavy atom. The van der Waals surface area contributed by atoms with Crippen LogP contribution in [0, 0.1) is 61.2 Å². The Bertz CT molecular complexity index is 1850. The van der Waals surface area contributed by atoms with Gasteiger partial charge in [0.25, 0.3) is 0 Å². The number of alkyl halides is 1. The number of hydrogen-bond acceptors (Lipinski definition) is 0. The minimum Gasteiger partial charge on any atom is -0.207 e. The van der Waals surface area contributed by atoms with Crippen molar-refractivity contribution in [1.82, 2.24) is 0 Å². The fraction of sp³-hybridized carbons (Fsp3) is 0.209. The van der Waals surface area contributed by atoms with E-state index in [2.05, 4.69) is 150 Å². The van der Waals surface area contributed by atoms with E-state index >= 15 is 4.39 Å². The van der Waals surface area contributed by atoms with Crippen LogP contribution in [0.1, 0.15) is 72.3 Å². The Hall–Kier alpha value is -4.01. The lowest BCUT2D eigenvalue weighted by Crippen LogP contribution is -2.21. The lowest BCUT2D eigenvalue weighted by molar-refractivity contribution is 0.625. The van der Waals surface area contributed by atoms with E-state index in [9.17, 15) is 0 Å². The molecule has 0 radical (unpaired) electrons. The first-order chi connectivity index (χ1) is 21.3. The molecular weight excluding hydrogens is 615 g/mol. The van der Waals surface area contributed by atoms with Crippen molar-refractivity contribution in [3.63, 3.8) is 0 Å². The van der Waals surface area contributed by atoms with Gasteiger partial charge < -0.3 is 0 Å². The molecule has 2 heteroatoms. The summed E-state index contributed by atoms with van der Waals surface area (Å²) in [7, 11) is 0. The molecule has 6 rings (SSSR count). The van der Waals surface area contributed by atoms with Crippen LogP contribution in [0.4, 0.5) is 4.39 Å².